The van der Waals surface area contributed by atoms with Crippen LogP contribution in [0.3, 0.4) is 0 Å². The first-order valence-corrected chi connectivity index (χ1v) is 17.8. The van der Waals surface area contributed by atoms with E-state index in [4.69, 9.17) is 65.1 Å². The lowest BCUT2D eigenvalue weighted by molar-refractivity contribution is -0.161. The van der Waals surface area contributed by atoms with Gasteiger partial charge in [0.1, 0.15) is 39.6 Å². The SMILES string of the molecule is CCOC(=S)SC(C)(C)C(=O)OCC(COC(=O)C(C)(C)SC(=S)OCC)(COC(=O)C(C)(C)SC(=S)OCC)NC(=O)CC. The van der Waals surface area contributed by atoms with Crippen molar-refractivity contribution in [1.82, 2.24) is 5.32 Å². The second kappa shape index (κ2) is 20.1. The van der Waals surface area contributed by atoms with Gasteiger partial charge in [0.15, 0.2) is 0 Å². The molecule has 0 heterocycles. The van der Waals surface area contributed by atoms with Gasteiger partial charge in [0.25, 0.3) is 0 Å². The molecule has 0 aromatic heterocycles. The Bertz CT molecular complexity index is 963. The third-order valence-electron chi connectivity index (χ3n) is 5.44. The third-order valence-corrected chi connectivity index (χ3v) is 9.43. The van der Waals surface area contributed by atoms with Crippen molar-refractivity contribution in [2.45, 2.75) is 95.4 Å². The molecule has 0 fully saturated rings. The molecule has 11 nitrogen and oxygen atoms in total. The van der Waals surface area contributed by atoms with E-state index in [0.29, 0.717) is 19.8 Å². The molecule has 0 radical (unpaired) electrons. The van der Waals surface area contributed by atoms with Crippen molar-refractivity contribution in [3.8, 4) is 0 Å². The van der Waals surface area contributed by atoms with Crippen molar-refractivity contribution in [3.63, 3.8) is 0 Å². The molecule has 0 aromatic rings. The minimum Gasteiger partial charge on any atom is -0.479 e. The average molecular weight is 748 g/mol. The highest BCUT2D eigenvalue weighted by molar-refractivity contribution is 8.24. The Labute approximate surface area is 295 Å². The largest absolute Gasteiger partial charge is 0.479 e. The van der Waals surface area contributed by atoms with Gasteiger partial charge in [0, 0.05) is 6.42 Å². The van der Waals surface area contributed by atoms with Crippen LogP contribution in [0, 0.1) is 0 Å². The predicted octanol–water partition coefficient (Wildman–Crippen LogP) is 5.38. The lowest BCUT2D eigenvalue weighted by atomic mass is 10.0. The summed E-state index contributed by atoms with van der Waals surface area (Å²) in [6.07, 6.45) is 0.0372. The molecule has 1 N–H and O–H groups in total. The van der Waals surface area contributed by atoms with Gasteiger partial charge in [-0.05, 0) is 99.0 Å². The Morgan fingerprint density at radius 1 is 0.533 bits per heavy atom. The Hall–Kier alpha value is -1.40. The van der Waals surface area contributed by atoms with Crippen LogP contribution in [0.15, 0.2) is 0 Å². The van der Waals surface area contributed by atoms with Crippen molar-refractivity contribution in [2.75, 3.05) is 39.6 Å². The smallest absolute Gasteiger partial charge is 0.322 e. The molecular weight excluding hydrogens is 703 g/mol. The summed E-state index contributed by atoms with van der Waals surface area (Å²) in [5.41, 5.74) is -1.67. The topological polar surface area (TPSA) is 136 Å². The lowest BCUT2D eigenvalue weighted by Crippen LogP contribution is -2.60. The molecule has 0 saturated heterocycles. The van der Waals surface area contributed by atoms with Gasteiger partial charge in [-0.3, -0.25) is 19.2 Å². The predicted molar refractivity (Wildman–Crippen MR) is 192 cm³/mol. The van der Waals surface area contributed by atoms with Gasteiger partial charge < -0.3 is 33.7 Å². The summed E-state index contributed by atoms with van der Waals surface area (Å²) in [6.45, 7) is 15.9. The van der Waals surface area contributed by atoms with Crippen LogP contribution >= 0.6 is 71.9 Å². The maximum atomic E-state index is 13.2. The van der Waals surface area contributed by atoms with Crippen LogP contribution in [0.5, 0.6) is 0 Å². The molecule has 0 saturated carbocycles. The van der Waals surface area contributed by atoms with E-state index in [1.165, 1.54) is 0 Å². The second-order valence-corrected chi connectivity index (χ2v) is 17.5. The normalized spacial score (nSPS) is 12.0. The standard InChI is InChI=1S/C28H45NO10S6/c1-11-18(30)29-28(15-37-19(31)25(5,6)43-22(40)34-12-2,16-38-20(32)26(7,8)44-23(41)35-13-3)17-39-21(33)27(9,10)45-24(42)36-14-4/h11-17H2,1-10H3,(H,29,30). The highest BCUT2D eigenvalue weighted by atomic mass is 32.2. The molecule has 45 heavy (non-hydrogen) atoms. The number of carbonyl (C=O) groups is 4. The molecule has 0 atom stereocenters. The van der Waals surface area contributed by atoms with E-state index in [1.807, 2.05) is 0 Å². The maximum absolute atomic E-state index is 13.2. The van der Waals surface area contributed by atoms with Gasteiger partial charge in [0.05, 0.1) is 19.8 Å². The molecular formula is C28H45NO10S6. The lowest BCUT2D eigenvalue weighted by Gasteiger charge is -2.36. The minimum absolute atomic E-state index is 0.0372. The van der Waals surface area contributed by atoms with E-state index in [-0.39, 0.29) is 19.6 Å². The van der Waals surface area contributed by atoms with Gasteiger partial charge in [-0.1, -0.05) is 42.2 Å². The minimum atomic E-state index is -1.67. The van der Waals surface area contributed by atoms with E-state index >= 15 is 0 Å². The second-order valence-electron chi connectivity index (χ2n) is 10.8. The summed E-state index contributed by atoms with van der Waals surface area (Å²) in [5, 5.41) is 2.74. The summed E-state index contributed by atoms with van der Waals surface area (Å²) >= 11 is 18.5. The summed E-state index contributed by atoms with van der Waals surface area (Å²) in [6, 6.07) is 0. The van der Waals surface area contributed by atoms with Gasteiger partial charge in [-0.15, -0.1) is 0 Å². The van der Waals surface area contributed by atoms with Crippen LogP contribution < -0.4 is 5.32 Å². The quantitative estimate of drug-likeness (QED) is 0.116. The number of carbonyl (C=O) groups excluding carboxylic acids is 4. The van der Waals surface area contributed by atoms with Crippen molar-refractivity contribution in [3.05, 3.63) is 0 Å². The Kier molecular flexibility index (Phi) is 19.5. The molecule has 0 rings (SSSR count). The molecule has 1 amide bonds. The number of ether oxygens (including phenoxy) is 6. The van der Waals surface area contributed by atoms with Crippen molar-refractivity contribution in [2.24, 2.45) is 0 Å². The Balaban J connectivity index is 6.32. The van der Waals surface area contributed by atoms with Crippen molar-refractivity contribution in [1.29, 1.82) is 0 Å². The van der Waals surface area contributed by atoms with E-state index in [9.17, 15) is 19.2 Å². The summed E-state index contributed by atoms with van der Waals surface area (Å²) in [7, 11) is 0. The Morgan fingerprint density at radius 3 is 1.02 bits per heavy atom. The van der Waals surface area contributed by atoms with Gasteiger partial charge in [-0.2, -0.15) is 0 Å². The molecule has 0 aliphatic carbocycles. The van der Waals surface area contributed by atoms with Crippen LogP contribution in [-0.2, 0) is 47.6 Å². The number of esters is 3. The van der Waals surface area contributed by atoms with Crippen LogP contribution in [0.25, 0.3) is 0 Å². The molecule has 0 aromatic carbocycles. The van der Waals surface area contributed by atoms with Crippen LogP contribution in [0.2, 0.25) is 0 Å². The van der Waals surface area contributed by atoms with Crippen LogP contribution in [0.4, 0.5) is 0 Å². The monoisotopic (exact) mass is 747 g/mol. The first-order chi connectivity index (χ1) is 20.7. The summed E-state index contributed by atoms with van der Waals surface area (Å²) in [5.74, 6) is -2.56. The summed E-state index contributed by atoms with van der Waals surface area (Å²) < 4.78 is 29.8. The van der Waals surface area contributed by atoms with E-state index < -0.39 is 63.4 Å². The average Bonchev–Trinajstić information content (AvgIpc) is 2.92. The molecule has 17 heteroatoms. The zero-order valence-electron chi connectivity index (χ0n) is 27.5. The fraction of sp³-hybridized carbons (Fsp3) is 0.750. The molecule has 0 unspecified atom stereocenters. The zero-order chi connectivity index (χ0) is 35.1. The van der Waals surface area contributed by atoms with E-state index in [1.54, 1.807) is 69.2 Å². The number of thiocarbonyl (C=S) groups is 3. The molecule has 0 aliphatic heterocycles. The molecule has 0 spiro atoms. The molecule has 0 aliphatic rings. The fourth-order valence-electron chi connectivity index (χ4n) is 2.94. The Morgan fingerprint density at radius 2 is 0.800 bits per heavy atom. The van der Waals surface area contributed by atoms with Crippen LogP contribution in [-0.4, -0.2) is 96.4 Å². The van der Waals surface area contributed by atoms with E-state index in [0.717, 1.165) is 35.3 Å². The number of hydrogen-bond donors (Lipinski definition) is 1. The first-order valence-electron chi connectivity index (χ1n) is 14.1. The third kappa shape index (κ3) is 16.3. The highest BCUT2D eigenvalue weighted by Gasteiger charge is 2.43. The van der Waals surface area contributed by atoms with Gasteiger partial charge >= 0.3 is 17.9 Å². The molecule has 258 valence electrons. The summed E-state index contributed by atoms with van der Waals surface area (Å²) in [4.78, 5) is 52.4. The van der Waals surface area contributed by atoms with Crippen molar-refractivity contribution >= 4 is 109 Å². The number of amides is 1. The zero-order valence-corrected chi connectivity index (χ0v) is 32.4. The fourth-order valence-corrected chi connectivity index (χ4v) is 7.38. The van der Waals surface area contributed by atoms with E-state index in [2.05, 4.69) is 5.32 Å². The first kappa shape index (κ1) is 43.6. The van der Waals surface area contributed by atoms with Crippen molar-refractivity contribution < 1.29 is 47.6 Å². The number of hydrogen-bond acceptors (Lipinski definition) is 16. The number of rotatable bonds is 17. The van der Waals surface area contributed by atoms with Gasteiger partial charge in [-0.25, -0.2) is 0 Å². The molecule has 0 bridgehead atoms. The highest BCUT2D eigenvalue weighted by Crippen LogP contribution is 2.31. The number of nitrogens with one attached hydrogen (secondary N) is 1. The van der Waals surface area contributed by atoms with Gasteiger partial charge in [0.2, 0.25) is 19.1 Å². The number of thioether (sulfide) groups is 3. The maximum Gasteiger partial charge on any atom is 0.322 e. The van der Waals surface area contributed by atoms with Crippen LogP contribution in [0.1, 0.15) is 75.7 Å².